The molecule has 14 nitrogen and oxygen atoms in total. The summed E-state index contributed by atoms with van der Waals surface area (Å²) in [5, 5.41) is 100. The predicted molar refractivity (Wildman–Crippen MR) is 151 cm³/mol. The number of aliphatic hydroxyl groups is 6. The smallest absolute Gasteiger partial charge is 0.186 e. The number of benzene rings is 2. The van der Waals surface area contributed by atoms with Crippen molar-refractivity contribution in [3.8, 4) is 23.0 Å². The topological polar surface area (TPSA) is 239 Å². The van der Waals surface area contributed by atoms with E-state index >= 15 is 0 Å². The lowest BCUT2D eigenvalue weighted by molar-refractivity contribution is -0.319. The first-order valence-electron chi connectivity index (χ1n) is 14.5. The molecule has 2 aliphatic heterocycles. The van der Waals surface area contributed by atoms with Crippen molar-refractivity contribution in [3.05, 3.63) is 47.5 Å². The third kappa shape index (κ3) is 8.28. The van der Waals surface area contributed by atoms with Crippen molar-refractivity contribution >= 4 is 0 Å². The fraction of sp³-hybridized carbons (Fsp3) is 0.600. The summed E-state index contributed by atoms with van der Waals surface area (Å²) in [6.07, 6.45) is -7.62. The normalized spacial score (nSPS) is 31.3. The summed E-state index contributed by atoms with van der Waals surface area (Å²) in [6.45, 7) is -1.56. The van der Waals surface area contributed by atoms with Gasteiger partial charge in [0.05, 0.1) is 25.9 Å². The Hall–Kier alpha value is -2.76. The molecule has 44 heavy (non-hydrogen) atoms. The Bertz CT molecular complexity index is 1210. The van der Waals surface area contributed by atoms with E-state index in [1.807, 2.05) is 0 Å². The number of aryl methyl sites for hydroxylation is 2. The number of ether oxygens (including phenoxy) is 4. The van der Waals surface area contributed by atoms with Gasteiger partial charge in [-0.2, -0.15) is 0 Å². The second-order valence-electron chi connectivity index (χ2n) is 11.4. The van der Waals surface area contributed by atoms with Gasteiger partial charge in [0, 0.05) is 0 Å². The summed E-state index contributed by atoms with van der Waals surface area (Å²) in [7, 11) is 0. The van der Waals surface area contributed by atoms with Crippen LogP contribution in [0.25, 0.3) is 0 Å². The van der Waals surface area contributed by atoms with E-state index in [4.69, 9.17) is 18.9 Å². The molecule has 0 aliphatic carbocycles. The molecule has 0 bridgehead atoms. The first-order chi connectivity index (χ1) is 20.9. The predicted octanol–water partition coefficient (Wildman–Crippen LogP) is -0.495. The van der Waals surface area contributed by atoms with Gasteiger partial charge in [0.1, 0.15) is 36.1 Å². The van der Waals surface area contributed by atoms with Crippen LogP contribution < -0.4 is 0 Å². The Morgan fingerprint density at radius 3 is 2.00 bits per heavy atom. The van der Waals surface area contributed by atoms with Crippen LogP contribution in [-0.2, 0) is 31.8 Å². The van der Waals surface area contributed by atoms with Gasteiger partial charge >= 0.3 is 0 Å². The van der Waals surface area contributed by atoms with E-state index in [-0.39, 0.29) is 29.6 Å². The summed E-state index contributed by atoms with van der Waals surface area (Å²) in [4.78, 5) is 0. The molecule has 2 saturated heterocycles. The van der Waals surface area contributed by atoms with Gasteiger partial charge in [0.15, 0.2) is 35.6 Å². The van der Waals surface area contributed by atoms with Crippen LogP contribution in [0.2, 0.25) is 0 Å². The van der Waals surface area contributed by atoms with Crippen molar-refractivity contribution in [2.75, 3.05) is 19.8 Å². The molecule has 4 rings (SSSR count). The molecule has 0 radical (unpaired) electrons. The lowest BCUT2D eigenvalue weighted by Gasteiger charge is -2.41. The largest absolute Gasteiger partial charge is 0.504 e. The monoisotopic (exact) mass is 626 g/mol. The zero-order valence-electron chi connectivity index (χ0n) is 24.1. The third-order valence-electron chi connectivity index (χ3n) is 8.08. The fourth-order valence-electron chi connectivity index (χ4n) is 5.24. The maximum Gasteiger partial charge on any atom is 0.186 e. The van der Waals surface area contributed by atoms with Crippen molar-refractivity contribution in [2.45, 2.75) is 93.3 Å². The molecule has 10 N–H and O–H groups in total. The molecule has 0 saturated carbocycles. The molecule has 246 valence electrons. The zero-order valence-corrected chi connectivity index (χ0v) is 24.1. The highest BCUT2D eigenvalue weighted by molar-refractivity contribution is 5.41. The van der Waals surface area contributed by atoms with E-state index in [1.165, 1.54) is 24.3 Å². The number of aliphatic hydroxyl groups excluding tert-OH is 5. The van der Waals surface area contributed by atoms with Crippen molar-refractivity contribution in [1.82, 2.24) is 0 Å². The van der Waals surface area contributed by atoms with Gasteiger partial charge in [-0.1, -0.05) is 18.6 Å². The van der Waals surface area contributed by atoms with E-state index in [9.17, 15) is 51.1 Å². The van der Waals surface area contributed by atoms with E-state index in [1.54, 1.807) is 12.1 Å². The second-order valence-corrected chi connectivity index (χ2v) is 11.4. The molecule has 14 heteroatoms. The van der Waals surface area contributed by atoms with Gasteiger partial charge in [0.2, 0.25) is 0 Å². The highest BCUT2D eigenvalue weighted by Gasteiger charge is 2.50. The number of rotatable bonds is 14. The quantitative estimate of drug-likeness (QED) is 0.0940. The Kier molecular flexibility index (Phi) is 11.6. The first kappa shape index (κ1) is 34.1. The van der Waals surface area contributed by atoms with Crippen molar-refractivity contribution < 1.29 is 70.0 Å². The Morgan fingerprint density at radius 2 is 1.41 bits per heavy atom. The van der Waals surface area contributed by atoms with Gasteiger partial charge in [-0.05, 0) is 67.5 Å². The van der Waals surface area contributed by atoms with E-state index in [0.717, 1.165) is 11.1 Å². The fourth-order valence-corrected chi connectivity index (χ4v) is 5.24. The van der Waals surface area contributed by atoms with Crippen LogP contribution in [0.15, 0.2) is 36.4 Å². The minimum absolute atomic E-state index is 0.205. The van der Waals surface area contributed by atoms with Crippen molar-refractivity contribution in [1.29, 1.82) is 0 Å². The van der Waals surface area contributed by atoms with Gasteiger partial charge in [-0.15, -0.1) is 0 Å². The van der Waals surface area contributed by atoms with Crippen LogP contribution in [0.3, 0.4) is 0 Å². The summed E-state index contributed by atoms with van der Waals surface area (Å²) >= 11 is 0. The molecule has 0 unspecified atom stereocenters. The highest BCUT2D eigenvalue weighted by atomic mass is 16.7. The van der Waals surface area contributed by atoms with Crippen molar-refractivity contribution in [2.24, 2.45) is 0 Å². The van der Waals surface area contributed by atoms with Gasteiger partial charge in [0.25, 0.3) is 0 Å². The molecule has 0 spiro atoms. The van der Waals surface area contributed by atoms with Crippen molar-refractivity contribution in [3.63, 3.8) is 0 Å². The molecule has 0 aromatic heterocycles. The number of hydrogen-bond donors (Lipinski definition) is 10. The van der Waals surface area contributed by atoms with Crippen LogP contribution in [0.5, 0.6) is 23.0 Å². The zero-order chi connectivity index (χ0) is 32.0. The van der Waals surface area contributed by atoms with Crippen LogP contribution >= 0.6 is 0 Å². The molecule has 2 aliphatic rings. The Labute approximate surface area is 253 Å². The average Bonchev–Trinajstić information content (AvgIpc) is 3.30. The maximum atomic E-state index is 10.7. The summed E-state index contributed by atoms with van der Waals surface area (Å²) in [6, 6.07) is 9.07. The summed E-state index contributed by atoms with van der Waals surface area (Å²) < 4.78 is 22.6. The molecular weight excluding hydrogens is 584 g/mol. The highest BCUT2D eigenvalue weighted by Crippen LogP contribution is 2.31. The Morgan fingerprint density at radius 1 is 0.773 bits per heavy atom. The maximum absolute atomic E-state index is 10.7. The van der Waals surface area contributed by atoms with Crippen LogP contribution in [0, 0.1) is 0 Å². The first-order valence-corrected chi connectivity index (χ1v) is 14.5. The van der Waals surface area contributed by atoms with Crippen LogP contribution in [0.1, 0.15) is 36.8 Å². The molecule has 2 aromatic rings. The van der Waals surface area contributed by atoms with E-state index < -0.39 is 68.0 Å². The van der Waals surface area contributed by atoms with Crippen LogP contribution in [0.4, 0.5) is 0 Å². The standard InChI is InChI=1S/C30H42O14/c31-14-30(40)15-42-29(27(30)39)41-13-23-24(36)25(37)26(38)28(44-23)43-18(8-5-17-7-10-20(33)22(35)12-17)4-2-1-3-16-6-9-19(32)21(34)11-16/h6-7,9-12,18,23-29,31-40H,1-5,8,13-15H2/t18-,23-,24-,25+,26-,27+,28-,29-,30-/m1/s1. The number of unbranched alkanes of at least 4 members (excludes halogenated alkanes) is 1. The van der Waals surface area contributed by atoms with E-state index in [2.05, 4.69) is 0 Å². The number of phenolic OH excluding ortho intramolecular Hbond substituents is 4. The molecule has 2 aromatic carbocycles. The molecule has 2 fully saturated rings. The van der Waals surface area contributed by atoms with Gasteiger partial charge in [-0.3, -0.25) is 0 Å². The lowest BCUT2D eigenvalue weighted by Crippen LogP contribution is -2.60. The van der Waals surface area contributed by atoms with Gasteiger partial charge in [-0.25, -0.2) is 0 Å². The summed E-state index contributed by atoms with van der Waals surface area (Å²) in [5.74, 6) is -0.931. The third-order valence-corrected chi connectivity index (χ3v) is 8.08. The number of aromatic hydroxyl groups is 4. The molecule has 2 heterocycles. The number of hydrogen-bond acceptors (Lipinski definition) is 14. The van der Waals surface area contributed by atoms with Crippen LogP contribution in [-0.4, -0.2) is 126 Å². The van der Waals surface area contributed by atoms with E-state index in [0.29, 0.717) is 38.5 Å². The number of phenols is 4. The average molecular weight is 627 g/mol. The molecular formula is C30H42O14. The lowest BCUT2D eigenvalue weighted by atomic mass is 9.98. The summed E-state index contributed by atoms with van der Waals surface area (Å²) in [5.41, 5.74) is -0.363. The SMILES string of the molecule is OC[C@@]1(O)CO[C@@H](OC[C@H]2O[C@@H](O[C@H](CCCCc3ccc(O)c(O)c3)CCc3ccc(O)c(O)c3)[C@H](O)[C@@H](O)[C@@H]2O)[C@@H]1O. The second kappa shape index (κ2) is 15.0. The molecule has 0 amide bonds. The molecule has 9 atom stereocenters. The van der Waals surface area contributed by atoms with Gasteiger partial charge < -0.3 is 70.0 Å². The minimum Gasteiger partial charge on any atom is -0.504 e. The Balaban J connectivity index is 1.38. The minimum atomic E-state index is -1.91.